The molecule has 2 rings (SSSR count). The molecule has 0 fully saturated rings. The summed E-state index contributed by atoms with van der Waals surface area (Å²) in [6.07, 6.45) is 0. The van der Waals surface area contributed by atoms with Crippen molar-refractivity contribution in [3.63, 3.8) is 0 Å². The largest absolute Gasteiger partial charge is 0.478 e. The molecular formula is C15H10ClNO3. The van der Waals surface area contributed by atoms with Gasteiger partial charge in [-0.3, -0.25) is 0 Å². The number of nitrogens with zero attached hydrogens (tertiary/aromatic N) is 1. The first-order valence-corrected chi connectivity index (χ1v) is 6.11. The first kappa shape index (κ1) is 13.9. The molecule has 4 nitrogen and oxygen atoms in total. The number of benzene rings is 2. The molecule has 2 aromatic rings. The number of aromatic carboxylic acids is 1. The van der Waals surface area contributed by atoms with Crippen LogP contribution in [0.4, 0.5) is 0 Å². The van der Waals surface area contributed by atoms with Crippen LogP contribution in [-0.2, 0) is 0 Å². The maximum atomic E-state index is 11.2. The standard InChI is InChI=1S/C15H10ClNO3/c1-9-3-2-4-12(15(18)19)14(9)20-11-6-5-10(8-17)13(16)7-11/h2-7H,1H3,(H,18,19). The Kier molecular flexibility index (Phi) is 3.92. The number of nitriles is 1. The third-order valence-corrected chi connectivity index (χ3v) is 3.04. The highest BCUT2D eigenvalue weighted by Crippen LogP contribution is 2.31. The first-order valence-electron chi connectivity index (χ1n) is 5.73. The van der Waals surface area contributed by atoms with Crippen molar-refractivity contribution in [1.82, 2.24) is 0 Å². The van der Waals surface area contributed by atoms with Crippen LogP contribution in [-0.4, -0.2) is 11.1 Å². The van der Waals surface area contributed by atoms with Crippen molar-refractivity contribution in [2.24, 2.45) is 0 Å². The van der Waals surface area contributed by atoms with Crippen LogP contribution >= 0.6 is 11.6 Å². The predicted molar refractivity (Wildman–Crippen MR) is 74.4 cm³/mol. The van der Waals surface area contributed by atoms with Gasteiger partial charge in [0.15, 0.2) is 0 Å². The summed E-state index contributed by atoms with van der Waals surface area (Å²) in [7, 11) is 0. The average Bonchev–Trinajstić information content (AvgIpc) is 2.41. The topological polar surface area (TPSA) is 70.3 Å². The highest BCUT2D eigenvalue weighted by Gasteiger charge is 2.14. The Bertz CT molecular complexity index is 720. The molecule has 0 radical (unpaired) electrons. The second-order valence-electron chi connectivity index (χ2n) is 4.11. The Morgan fingerprint density at radius 3 is 2.70 bits per heavy atom. The van der Waals surface area contributed by atoms with Crippen LogP contribution in [0.5, 0.6) is 11.5 Å². The minimum absolute atomic E-state index is 0.0745. The third kappa shape index (κ3) is 2.73. The predicted octanol–water partition coefficient (Wildman–Crippen LogP) is 4.01. The lowest BCUT2D eigenvalue weighted by atomic mass is 10.1. The van der Waals surface area contributed by atoms with E-state index in [0.717, 1.165) is 0 Å². The van der Waals surface area contributed by atoms with E-state index in [4.69, 9.17) is 26.7 Å². The number of para-hydroxylation sites is 1. The summed E-state index contributed by atoms with van der Waals surface area (Å²) >= 11 is 5.92. The number of hydrogen-bond donors (Lipinski definition) is 1. The summed E-state index contributed by atoms with van der Waals surface area (Å²) in [5.41, 5.74) is 1.11. The minimum Gasteiger partial charge on any atom is -0.478 e. The monoisotopic (exact) mass is 287 g/mol. The molecule has 0 aromatic heterocycles. The lowest BCUT2D eigenvalue weighted by molar-refractivity contribution is 0.0694. The lowest BCUT2D eigenvalue weighted by Crippen LogP contribution is -2.01. The molecule has 0 saturated heterocycles. The van der Waals surface area contributed by atoms with E-state index in [1.165, 1.54) is 18.2 Å². The molecule has 1 N–H and O–H groups in total. The smallest absolute Gasteiger partial charge is 0.339 e. The van der Waals surface area contributed by atoms with Gasteiger partial charge in [0.05, 0.1) is 10.6 Å². The van der Waals surface area contributed by atoms with Crippen molar-refractivity contribution in [2.45, 2.75) is 6.92 Å². The summed E-state index contributed by atoms with van der Waals surface area (Å²) in [4.78, 5) is 11.2. The van der Waals surface area contributed by atoms with Crippen LogP contribution in [0.15, 0.2) is 36.4 Å². The SMILES string of the molecule is Cc1cccc(C(=O)O)c1Oc1ccc(C#N)c(Cl)c1. The van der Waals surface area contributed by atoms with Gasteiger partial charge < -0.3 is 9.84 Å². The maximum Gasteiger partial charge on any atom is 0.339 e. The molecular weight excluding hydrogens is 278 g/mol. The molecule has 0 bridgehead atoms. The molecule has 0 unspecified atom stereocenters. The normalized spacial score (nSPS) is 9.85. The minimum atomic E-state index is -1.07. The van der Waals surface area contributed by atoms with Gasteiger partial charge in [0, 0.05) is 6.07 Å². The number of halogens is 1. The van der Waals surface area contributed by atoms with Crippen molar-refractivity contribution >= 4 is 17.6 Å². The van der Waals surface area contributed by atoms with Gasteiger partial charge in [0.25, 0.3) is 0 Å². The highest BCUT2D eigenvalue weighted by atomic mass is 35.5. The van der Waals surface area contributed by atoms with Crippen molar-refractivity contribution in [1.29, 1.82) is 5.26 Å². The number of carbonyl (C=O) groups is 1. The first-order chi connectivity index (χ1) is 9.52. The fourth-order valence-electron chi connectivity index (χ4n) is 1.72. The molecule has 0 aliphatic rings. The summed E-state index contributed by atoms with van der Waals surface area (Å²) < 4.78 is 5.61. The second-order valence-corrected chi connectivity index (χ2v) is 4.52. The van der Waals surface area contributed by atoms with Crippen LogP contribution in [0, 0.1) is 18.3 Å². The molecule has 0 aliphatic heterocycles. The van der Waals surface area contributed by atoms with Gasteiger partial charge in [0.1, 0.15) is 23.1 Å². The highest BCUT2D eigenvalue weighted by molar-refractivity contribution is 6.31. The van der Waals surface area contributed by atoms with Crippen molar-refractivity contribution in [3.8, 4) is 17.6 Å². The van der Waals surface area contributed by atoms with Gasteiger partial charge in [-0.25, -0.2) is 4.79 Å². The summed E-state index contributed by atoms with van der Waals surface area (Å²) in [6.45, 7) is 1.76. The Morgan fingerprint density at radius 2 is 2.10 bits per heavy atom. The summed E-state index contributed by atoms with van der Waals surface area (Å²) in [5.74, 6) is -0.421. The molecule has 0 heterocycles. The van der Waals surface area contributed by atoms with Gasteiger partial charge >= 0.3 is 5.97 Å². The van der Waals surface area contributed by atoms with E-state index >= 15 is 0 Å². The van der Waals surface area contributed by atoms with E-state index in [9.17, 15) is 4.79 Å². The van der Waals surface area contributed by atoms with Crippen molar-refractivity contribution < 1.29 is 14.6 Å². The summed E-state index contributed by atoms with van der Waals surface area (Å²) in [5, 5.41) is 18.2. The van der Waals surface area contributed by atoms with Gasteiger partial charge in [-0.1, -0.05) is 23.7 Å². The van der Waals surface area contributed by atoms with Crippen LogP contribution in [0.1, 0.15) is 21.5 Å². The van der Waals surface area contributed by atoms with Crippen LogP contribution in [0.3, 0.4) is 0 Å². The van der Waals surface area contributed by atoms with Crippen LogP contribution in [0.25, 0.3) is 0 Å². The zero-order valence-corrected chi connectivity index (χ0v) is 11.3. The lowest BCUT2D eigenvalue weighted by Gasteiger charge is -2.12. The van der Waals surface area contributed by atoms with Gasteiger partial charge in [-0.05, 0) is 30.7 Å². The number of hydrogen-bond acceptors (Lipinski definition) is 3. The Labute approximate surface area is 120 Å². The van der Waals surface area contributed by atoms with Crippen LogP contribution in [0.2, 0.25) is 5.02 Å². The van der Waals surface area contributed by atoms with E-state index in [0.29, 0.717) is 16.9 Å². The van der Waals surface area contributed by atoms with E-state index in [2.05, 4.69) is 0 Å². The molecule has 100 valence electrons. The number of ether oxygens (including phenoxy) is 1. The molecule has 5 heteroatoms. The molecule has 0 spiro atoms. The number of carboxylic acids is 1. The number of aryl methyl sites for hydroxylation is 1. The van der Waals surface area contributed by atoms with Gasteiger partial charge in [0.2, 0.25) is 0 Å². The number of carboxylic acid groups (broad SMARTS) is 1. The zero-order valence-electron chi connectivity index (χ0n) is 10.6. The fraction of sp³-hybridized carbons (Fsp3) is 0.0667. The van der Waals surface area contributed by atoms with Gasteiger partial charge in [-0.2, -0.15) is 5.26 Å². The maximum absolute atomic E-state index is 11.2. The van der Waals surface area contributed by atoms with E-state index < -0.39 is 5.97 Å². The number of rotatable bonds is 3. The quantitative estimate of drug-likeness (QED) is 0.926. The molecule has 2 aromatic carbocycles. The second kappa shape index (κ2) is 5.64. The fourth-order valence-corrected chi connectivity index (χ4v) is 1.94. The van der Waals surface area contributed by atoms with Crippen LogP contribution < -0.4 is 4.74 Å². The molecule has 0 atom stereocenters. The van der Waals surface area contributed by atoms with E-state index in [-0.39, 0.29) is 16.3 Å². The van der Waals surface area contributed by atoms with Crippen molar-refractivity contribution in [3.05, 3.63) is 58.1 Å². The van der Waals surface area contributed by atoms with Crippen molar-refractivity contribution in [2.75, 3.05) is 0 Å². The third-order valence-electron chi connectivity index (χ3n) is 2.72. The summed E-state index contributed by atoms with van der Waals surface area (Å²) in [6, 6.07) is 11.4. The van der Waals surface area contributed by atoms with E-state index in [1.807, 2.05) is 6.07 Å². The molecule has 0 saturated carbocycles. The molecule has 0 amide bonds. The van der Waals surface area contributed by atoms with Gasteiger partial charge in [-0.15, -0.1) is 0 Å². The Morgan fingerprint density at radius 1 is 1.35 bits per heavy atom. The zero-order chi connectivity index (χ0) is 14.7. The average molecular weight is 288 g/mol. The Hall–Kier alpha value is -2.51. The van der Waals surface area contributed by atoms with E-state index in [1.54, 1.807) is 25.1 Å². The Balaban J connectivity index is 2.43. The molecule has 0 aliphatic carbocycles. The molecule has 20 heavy (non-hydrogen) atoms.